The number of carbonyl (C=O) groups is 1. The van der Waals surface area contributed by atoms with E-state index in [2.05, 4.69) is 5.32 Å². The van der Waals surface area contributed by atoms with Crippen LogP contribution in [0.3, 0.4) is 0 Å². The molecule has 1 N–H and O–H groups in total. The Morgan fingerprint density at radius 1 is 1.22 bits per heavy atom. The minimum Gasteiger partial charge on any atom is -0.381 e. The maximum Gasteiger partial charge on any atom is 0.223 e. The number of methoxy groups -OCH3 is 1. The first-order valence-electron chi connectivity index (χ1n) is 7.33. The number of likely N-dealkylation sites (tertiary alicyclic amines) is 1. The van der Waals surface area contributed by atoms with Crippen LogP contribution in [0.15, 0.2) is 0 Å². The normalized spacial score (nSPS) is 28.6. The van der Waals surface area contributed by atoms with Crippen molar-refractivity contribution in [2.45, 2.75) is 57.1 Å². The molecule has 0 bridgehead atoms. The first-order valence-corrected chi connectivity index (χ1v) is 7.33. The highest BCUT2D eigenvalue weighted by molar-refractivity contribution is 5.76. The molecule has 0 unspecified atom stereocenters. The SMILES string of the molecule is COC1CCC(NCCC(=O)N2CCCC2)CC1. The van der Waals surface area contributed by atoms with E-state index in [9.17, 15) is 4.79 Å². The van der Waals surface area contributed by atoms with Crippen molar-refractivity contribution in [3.8, 4) is 0 Å². The molecule has 0 aromatic rings. The zero-order valence-electron chi connectivity index (χ0n) is 11.5. The molecule has 1 heterocycles. The summed E-state index contributed by atoms with van der Waals surface area (Å²) in [6, 6.07) is 0.586. The second kappa shape index (κ2) is 7.10. The molecule has 1 aliphatic heterocycles. The molecule has 4 heteroatoms. The topological polar surface area (TPSA) is 41.6 Å². The van der Waals surface area contributed by atoms with Gasteiger partial charge in [-0.15, -0.1) is 0 Å². The van der Waals surface area contributed by atoms with E-state index in [-0.39, 0.29) is 0 Å². The van der Waals surface area contributed by atoms with E-state index in [0.717, 1.165) is 32.5 Å². The number of amides is 1. The van der Waals surface area contributed by atoms with Gasteiger partial charge in [-0.25, -0.2) is 0 Å². The quantitative estimate of drug-likeness (QED) is 0.809. The standard InChI is InChI=1S/C14H26N2O2/c1-18-13-6-4-12(5-7-13)15-9-8-14(17)16-10-2-3-11-16/h12-13,15H,2-11H2,1H3. The van der Waals surface area contributed by atoms with Crippen LogP contribution in [0.5, 0.6) is 0 Å². The Kier molecular flexibility index (Phi) is 5.45. The van der Waals surface area contributed by atoms with E-state index in [1.54, 1.807) is 7.11 Å². The Bertz CT molecular complexity index is 257. The lowest BCUT2D eigenvalue weighted by Gasteiger charge is -2.28. The van der Waals surface area contributed by atoms with Gasteiger partial charge < -0.3 is 15.0 Å². The minimum atomic E-state index is 0.325. The van der Waals surface area contributed by atoms with Crippen molar-refractivity contribution in [2.75, 3.05) is 26.7 Å². The third-order valence-corrected chi connectivity index (χ3v) is 4.24. The van der Waals surface area contributed by atoms with Gasteiger partial charge >= 0.3 is 0 Å². The third kappa shape index (κ3) is 3.95. The molecule has 1 saturated heterocycles. The molecule has 0 radical (unpaired) electrons. The highest BCUT2D eigenvalue weighted by Crippen LogP contribution is 2.20. The third-order valence-electron chi connectivity index (χ3n) is 4.24. The molecule has 0 aromatic carbocycles. The van der Waals surface area contributed by atoms with E-state index < -0.39 is 0 Å². The number of rotatable bonds is 5. The summed E-state index contributed by atoms with van der Waals surface area (Å²) in [7, 11) is 1.80. The second-order valence-corrected chi connectivity index (χ2v) is 5.50. The summed E-state index contributed by atoms with van der Waals surface area (Å²) in [4.78, 5) is 13.9. The lowest BCUT2D eigenvalue weighted by Crippen LogP contribution is -2.38. The van der Waals surface area contributed by atoms with Crippen molar-refractivity contribution in [3.05, 3.63) is 0 Å². The van der Waals surface area contributed by atoms with E-state index >= 15 is 0 Å². The molecule has 4 nitrogen and oxygen atoms in total. The van der Waals surface area contributed by atoms with E-state index in [1.807, 2.05) is 4.90 Å². The van der Waals surface area contributed by atoms with Crippen LogP contribution < -0.4 is 5.32 Å². The molecule has 0 atom stereocenters. The van der Waals surface area contributed by atoms with Crippen LogP contribution in [0.4, 0.5) is 0 Å². The van der Waals surface area contributed by atoms with Crippen LogP contribution in [-0.2, 0) is 9.53 Å². The molecule has 1 saturated carbocycles. The zero-order valence-corrected chi connectivity index (χ0v) is 11.5. The average Bonchev–Trinajstić information content (AvgIpc) is 2.93. The lowest BCUT2D eigenvalue weighted by atomic mass is 9.93. The van der Waals surface area contributed by atoms with Crippen LogP contribution in [0, 0.1) is 0 Å². The molecule has 1 amide bonds. The van der Waals surface area contributed by atoms with Gasteiger partial charge in [-0.3, -0.25) is 4.79 Å². The molecule has 2 rings (SSSR count). The number of nitrogens with zero attached hydrogens (tertiary/aromatic N) is 1. The van der Waals surface area contributed by atoms with E-state index in [0.29, 0.717) is 24.5 Å². The molecule has 104 valence electrons. The van der Waals surface area contributed by atoms with Crippen molar-refractivity contribution in [3.63, 3.8) is 0 Å². The summed E-state index contributed by atoms with van der Waals surface area (Å²) >= 11 is 0. The summed E-state index contributed by atoms with van der Waals surface area (Å²) < 4.78 is 5.36. The van der Waals surface area contributed by atoms with Gasteiger partial charge in [0.2, 0.25) is 5.91 Å². The van der Waals surface area contributed by atoms with Crippen LogP contribution in [0.2, 0.25) is 0 Å². The van der Waals surface area contributed by atoms with Crippen LogP contribution in [0.1, 0.15) is 44.9 Å². The van der Waals surface area contributed by atoms with Gasteiger partial charge in [-0.2, -0.15) is 0 Å². The summed E-state index contributed by atoms with van der Waals surface area (Å²) in [6.45, 7) is 2.77. The molecule has 2 fully saturated rings. The fraction of sp³-hybridized carbons (Fsp3) is 0.929. The smallest absolute Gasteiger partial charge is 0.223 e. The molecule has 18 heavy (non-hydrogen) atoms. The number of nitrogens with one attached hydrogen (secondary N) is 1. The second-order valence-electron chi connectivity index (χ2n) is 5.50. The summed E-state index contributed by atoms with van der Waals surface area (Å²) in [5.74, 6) is 0.325. The van der Waals surface area contributed by atoms with Crippen LogP contribution >= 0.6 is 0 Å². The Morgan fingerprint density at radius 3 is 2.50 bits per heavy atom. The molecule has 0 aromatic heterocycles. The van der Waals surface area contributed by atoms with Gasteiger partial charge in [0.05, 0.1) is 6.10 Å². The Hall–Kier alpha value is -0.610. The van der Waals surface area contributed by atoms with Gasteiger partial charge in [0.25, 0.3) is 0 Å². The fourth-order valence-corrected chi connectivity index (χ4v) is 3.01. The minimum absolute atomic E-state index is 0.325. The number of carbonyl (C=O) groups excluding carboxylic acids is 1. The highest BCUT2D eigenvalue weighted by atomic mass is 16.5. The average molecular weight is 254 g/mol. The van der Waals surface area contributed by atoms with Gasteiger partial charge in [0.15, 0.2) is 0 Å². The Morgan fingerprint density at radius 2 is 1.89 bits per heavy atom. The summed E-state index contributed by atoms with van der Waals surface area (Å²) in [5, 5.41) is 3.52. The first-order chi connectivity index (χ1) is 8.79. The van der Waals surface area contributed by atoms with Crippen molar-refractivity contribution in [1.29, 1.82) is 0 Å². The zero-order chi connectivity index (χ0) is 12.8. The summed E-state index contributed by atoms with van der Waals surface area (Å²) in [6.07, 6.45) is 8.12. The van der Waals surface area contributed by atoms with Crippen molar-refractivity contribution in [1.82, 2.24) is 10.2 Å². The Balaban J connectivity index is 1.56. The predicted octanol–water partition coefficient (Wildman–Crippen LogP) is 1.55. The Labute approximate surface area is 110 Å². The van der Waals surface area contributed by atoms with Crippen LogP contribution in [0.25, 0.3) is 0 Å². The predicted molar refractivity (Wildman–Crippen MR) is 71.5 cm³/mol. The van der Waals surface area contributed by atoms with Crippen molar-refractivity contribution >= 4 is 5.91 Å². The summed E-state index contributed by atoms with van der Waals surface area (Å²) in [5.41, 5.74) is 0. The van der Waals surface area contributed by atoms with Gasteiger partial charge in [-0.05, 0) is 38.5 Å². The molecule has 0 spiro atoms. The largest absolute Gasteiger partial charge is 0.381 e. The van der Waals surface area contributed by atoms with Crippen molar-refractivity contribution < 1.29 is 9.53 Å². The monoisotopic (exact) mass is 254 g/mol. The van der Waals surface area contributed by atoms with Crippen LogP contribution in [-0.4, -0.2) is 49.7 Å². The van der Waals surface area contributed by atoms with Gasteiger partial charge in [0.1, 0.15) is 0 Å². The highest BCUT2D eigenvalue weighted by Gasteiger charge is 2.21. The van der Waals surface area contributed by atoms with Gasteiger partial charge in [-0.1, -0.05) is 0 Å². The molecular formula is C14H26N2O2. The fourth-order valence-electron chi connectivity index (χ4n) is 3.01. The van der Waals surface area contributed by atoms with Crippen molar-refractivity contribution in [2.24, 2.45) is 0 Å². The maximum absolute atomic E-state index is 11.9. The first kappa shape index (κ1) is 13.8. The number of ether oxygens (including phenoxy) is 1. The van der Waals surface area contributed by atoms with E-state index in [4.69, 9.17) is 4.74 Å². The number of hydrogen-bond acceptors (Lipinski definition) is 3. The molecule has 1 aliphatic carbocycles. The van der Waals surface area contributed by atoms with Gasteiger partial charge in [0, 0.05) is 39.2 Å². The lowest BCUT2D eigenvalue weighted by molar-refractivity contribution is -0.130. The molecule has 2 aliphatic rings. The molecular weight excluding hydrogens is 228 g/mol. The van der Waals surface area contributed by atoms with E-state index in [1.165, 1.54) is 25.7 Å². The maximum atomic E-state index is 11.9. The number of hydrogen-bond donors (Lipinski definition) is 1.